The van der Waals surface area contributed by atoms with Crippen LogP contribution in [0.3, 0.4) is 0 Å². The molecule has 4 nitrogen and oxygen atoms in total. The lowest BCUT2D eigenvalue weighted by atomic mass is 10.7. The molecule has 1 rings (SSSR count). The minimum absolute atomic E-state index is 0.281. The summed E-state index contributed by atoms with van der Waals surface area (Å²) in [5.74, 6) is 1.17. The highest BCUT2D eigenvalue weighted by Crippen LogP contribution is 2.20. The minimum atomic E-state index is 0.281. The molecular formula is C6H8BrN3OS. The van der Waals surface area contributed by atoms with Gasteiger partial charge in [-0.25, -0.2) is 0 Å². The Morgan fingerprint density at radius 1 is 1.67 bits per heavy atom. The van der Waals surface area contributed by atoms with Crippen LogP contribution in [0.4, 0.5) is 0 Å². The Labute approximate surface area is 82.7 Å². The average Bonchev–Trinajstić information content (AvgIpc) is 2.48. The van der Waals surface area contributed by atoms with Gasteiger partial charge in [0.15, 0.2) is 0 Å². The van der Waals surface area contributed by atoms with E-state index in [0.29, 0.717) is 16.9 Å². The second-order valence-electron chi connectivity index (χ2n) is 1.97. The van der Waals surface area contributed by atoms with Crippen molar-refractivity contribution in [1.82, 2.24) is 10.2 Å². The first-order chi connectivity index (χ1) is 5.72. The highest BCUT2D eigenvalue weighted by molar-refractivity contribution is 9.11. The van der Waals surface area contributed by atoms with Crippen LogP contribution < -0.4 is 5.73 Å². The molecule has 0 spiro atoms. The molecule has 12 heavy (non-hydrogen) atoms. The summed E-state index contributed by atoms with van der Waals surface area (Å²) in [6.07, 6.45) is 0. The number of aromatic nitrogens is 2. The SMILES string of the molecule is C=C(Br)CSc1nnc(CN)o1. The number of nitrogens with zero attached hydrogens (tertiary/aromatic N) is 2. The summed E-state index contributed by atoms with van der Waals surface area (Å²) in [4.78, 5) is 0. The van der Waals surface area contributed by atoms with Crippen LogP contribution >= 0.6 is 27.7 Å². The quantitative estimate of drug-likeness (QED) is 0.821. The third kappa shape index (κ3) is 2.96. The highest BCUT2D eigenvalue weighted by atomic mass is 79.9. The standard InChI is InChI=1S/C6H8BrN3OS/c1-4(7)3-12-6-10-9-5(2-8)11-6/h1-3,8H2. The van der Waals surface area contributed by atoms with E-state index in [1.165, 1.54) is 11.8 Å². The Hall–Kier alpha value is -0.330. The van der Waals surface area contributed by atoms with E-state index in [1.807, 2.05) is 0 Å². The summed E-state index contributed by atoms with van der Waals surface area (Å²) in [7, 11) is 0. The second kappa shape index (κ2) is 4.64. The zero-order valence-corrected chi connectivity index (χ0v) is 8.69. The summed E-state index contributed by atoms with van der Waals surface area (Å²) in [5.41, 5.74) is 5.29. The van der Waals surface area contributed by atoms with Gasteiger partial charge in [0, 0.05) is 5.75 Å². The van der Waals surface area contributed by atoms with Crippen LogP contribution in [-0.4, -0.2) is 16.0 Å². The van der Waals surface area contributed by atoms with Crippen molar-refractivity contribution in [2.45, 2.75) is 11.8 Å². The van der Waals surface area contributed by atoms with Gasteiger partial charge in [-0.15, -0.1) is 10.2 Å². The zero-order chi connectivity index (χ0) is 8.97. The molecule has 0 atom stereocenters. The molecule has 0 aromatic carbocycles. The minimum Gasteiger partial charge on any atom is -0.415 e. The monoisotopic (exact) mass is 249 g/mol. The average molecular weight is 250 g/mol. The molecule has 0 saturated heterocycles. The number of halogens is 1. The van der Waals surface area contributed by atoms with Crippen LogP contribution in [0, 0.1) is 0 Å². The van der Waals surface area contributed by atoms with Gasteiger partial charge < -0.3 is 10.2 Å². The maximum atomic E-state index is 5.29. The van der Waals surface area contributed by atoms with E-state index in [2.05, 4.69) is 32.7 Å². The van der Waals surface area contributed by atoms with E-state index >= 15 is 0 Å². The molecule has 0 radical (unpaired) electrons. The lowest BCUT2D eigenvalue weighted by Gasteiger charge is -1.90. The molecule has 0 unspecified atom stereocenters. The third-order valence-electron chi connectivity index (χ3n) is 0.975. The van der Waals surface area contributed by atoms with Gasteiger partial charge >= 0.3 is 0 Å². The van der Waals surface area contributed by atoms with Crippen LogP contribution in [0.5, 0.6) is 0 Å². The Kier molecular flexibility index (Phi) is 3.77. The van der Waals surface area contributed by atoms with E-state index in [4.69, 9.17) is 10.2 Å². The topological polar surface area (TPSA) is 64.9 Å². The van der Waals surface area contributed by atoms with Crippen molar-refractivity contribution in [1.29, 1.82) is 0 Å². The molecule has 0 saturated carbocycles. The summed E-state index contributed by atoms with van der Waals surface area (Å²) in [5, 5.41) is 7.99. The number of nitrogens with two attached hydrogens (primary N) is 1. The molecule has 2 N–H and O–H groups in total. The maximum Gasteiger partial charge on any atom is 0.276 e. The Balaban J connectivity index is 2.47. The van der Waals surface area contributed by atoms with Gasteiger partial charge in [0.2, 0.25) is 5.89 Å². The van der Waals surface area contributed by atoms with E-state index in [-0.39, 0.29) is 6.54 Å². The van der Waals surface area contributed by atoms with Gasteiger partial charge in [0.05, 0.1) is 6.54 Å². The van der Waals surface area contributed by atoms with Crippen molar-refractivity contribution in [2.75, 3.05) is 5.75 Å². The van der Waals surface area contributed by atoms with Gasteiger partial charge in [0.25, 0.3) is 5.22 Å². The lowest BCUT2D eigenvalue weighted by molar-refractivity contribution is 0.415. The van der Waals surface area contributed by atoms with Gasteiger partial charge in [-0.3, -0.25) is 0 Å². The summed E-state index contributed by atoms with van der Waals surface area (Å²) >= 11 is 4.65. The second-order valence-corrected chi connectivity index (χ2v) is 4.02. The van der Waals surface area contributed by atoms with Crippen LogP contribution in [0.2, 0.25) is 0 Å². The van der Waals surface area contributed by atoms with Crippen LogP contribution in [-0.2, 0) is 6.54 Å². The normalized spacial score (nSPS) is 10.2. The molecule has 6 heteroatoms. The van der Waals surface area contributed by atoms with E-state index in [1.54, 1.807) is 0 Å². The lowest BCUT2D eigenvalue weighted by Crippen LogP contribution is -1.95. The van der Waals surface area contributed by atoms with Crippen molar-refractivity contribution in [2.24, 2.45) is 5.73 Å². The van der Waals surface area contributed by atoms with Crippen LogP contribution in [0.1, 0.15) is 5.89 Å². The first-order valence-electron chi connectivity index (χ1n) is 3.21. The van der Waals surface area contributed by atoms with E-state index < -0.39 is 0 Å². The van der Waals surface area contributed by atoms with Crippen LogP contribution in [0.25, 0.3) is 0 Å². The Morgan fingerprint density at radius 2 is 2.42 bits per heavy atom. The fraction of sp³-hybridized carbons (Fsp3) is 0.333. The summed E-state index contributed by atoms with van der Waals surface area (Å²) in [6.45, 7) is 3.96. The van der Waals surface area contributed by atoms with Gasteiger partial charge in [-0.05, 0) is 4.48 Å². The predicted octanol–water partition coefficient (Wildman–Crippen LogP) is 1.53. The zero-order valence-electron chi connectivity index (χ0n) is 6.29. The molecule has 1 aromatic heterocycles. The number of thioether (sulfide) groups is 1. The van der Waals surface area contributed by atoms with Gasteiger partial charge in [0.1, 0.15) is 0 Å². The smallest absolute Gasteiger partial charge is 0.276 e. The number of hydrogen-bond donors (Lipinski definition) is 1. The molecule has 0 aliphatic rings. The van der Waals surface area contributed by atoms with Crippen molar-refractivity contribution in [3.63, 3.8) is 0 Å². The molecule has 66 valence electrons. The maximum absolute atomic E-state index is 5.29. The van der Waals surface area contributed by atoms with Gasteiger partial charge in [-0.2, -0.15) is 0 Å². The fourth-order valence-corrected chi connectivity index (χ4v) is 1.40. The van der Waals surface area contributed by atoms with Crippen molar-refractivity contribution in [3.8, 4) is 0 Å². The first-order valence-corrected chi connectivity index (χ1v) is 4.98. The molecular weight excluding hydrogens is 242 g/mol. The molecule has 0 aliphatic carbocycles. The van der Waals surface area contributed by atoms with E-state index in [9.17, 15) is 0 Å². The van der Waals surface area contributed by atoms with Crippen molar-refractivity contribution < 1.29 is 4.42 Å². The first kappa shape index (κ1) is 9.76. The Morgan fingerprint density at radius 3 is 2.92 bits per heavy atom. The predicted molar refractivity (Wildman–Crippen MR) is 51.0 cm³/mol. The highest BCUT2D eigenvalue weighted by Gasteiger charge is 2.04. The number of hydrogen-bond acceptors (Lipinski definition) is 5. The fourth-order valence-electron chi connectivity index (χ4n) is 0.519. The number of rotatable bonds is 4. The molecule has 0 amide bonds. The van der Waals surface area contributed by atoms with Crippen molar-refractivity contribution >= 4 is 27.7 Å². The van der Waals surface area contributed by atoms with Crippen LogP contribution in [0.15, 0.2) is 20.7 Å². The molecule has 1 heterocycles. The molecule has 0 bridgehead atoms. The summed E-state index contributed by atoms with van der Waals surface area (Å²) < 4.78 is 6.03. The Bertz CT molecular complexity index is 276. The third-order valence-corrected chi connectivity index (χ3v) is 2.53. The largest absolute Gasteiger partial charge is 0.415 e. The molecule has 0 aliphatic heterocycles. The summed E-state index contributed by atoms with van der Waals surface area (Å²) in [6, 6.07) is 0. The van der Waals surface area contributed by atoms with Crippen molar-refractivity contribution in [3.05, 3.63) is 17.0 Å². The van der Waals surface area contributed by atoms with E-state index in [0.717, 1.165) is 4.48 Å². The molecule has 0 fully saturated rings. The van der Waals surface area contributed by atoms with Gasteiger partial charge in [-0.1, -0.05) is 34.3 Å². The molecule has 1 aromatic rings.